The fourth-order valence-electron chi connectivity index (χ4n) is 2.10. The molecule has 24 heavy (non-hydrogen) atoms. The van der Waals surface area contributed by atoms with E-state index in [1.54, 1.807) is 30.5 Å². The van der Waals surface area contributed by atoms with E-state index in [1.807, 2.05) is 0 Å². The zero-order valence-electron chi connectivity index (χ0n) is 12.2. The molecule has 0 radical (unpaired) electrons. The van der Waals surface area contributed by atoms with Crippen molar-refractivity contribution < 1.29 is 9.18 Å². The standard InChI is InChI=1S/C16H11Cl2FN4O/c17-12-4-1-5-13(19)11(12)9-23-8-6-14(22-23)21-16(24)10-3-2-7-20-15(10)18/h1-8H,9H2,(H,21,22,24). The number of nitrogens with one attached hydrogen (secondary N) is 1. The number of hydrogen-bond acceptors (Lipinski definition) is 3. The number of carbonyl (C=O) groups excluding carboxylic acids is 1. The molecule has 0 saturated heterocycles. The number of anilines is 1. The summed E-state index contributed by atoms with van der Waals surface area (Å²) in [6, 6.07) is 9.24. The molecule has 0 saturated carbocycles. The van der Waals surface area contributed by atoms with Crippen LogP contribution in [0.5, 0.6) is 0 Å². The predicted molar refractivity (Wildman–Crippen MR) is 89.9 cm³/mol. The van der Waals surface area contributed by atoms with Crippen LogP contribution in [-0.2, 0) is 6.54 Å². The monoisotopic (exact) mass is 364 g/mol. The molecule has 2 heterocycles. The van der Waals surface area contributed by atoms with Crippen LogP contribution in [0.3, 0.4) is 0 Å². The summed E-state index contributed by atoms with van der Waals surface area (Å²) in [5, 5.41) is 7.21. The first-order valence-corrected chi connectivity index (χ1v) is 7.68. The second kappa shape index (κ2) is 6.98. The highest BCUT2D eigenvalue weighted by Gasteiger charge is 2.13. The summed E-state index contributed by atoms with van der Waals surface area (Å²) in [5.74, 6) is -0.527. The highest BCUT2D eigenvalue weighted by atomic mass is 35.5. The van der Waals surface area contributed by atoms with Crippen LogP contribution in [0.25, 0.3) is 0 Å². The lowest BCUT2D eigenvalue weighted by Crippen LogP contribution is -2.14. The second-order valence-corrected chi connectivity index (χ2v) is 5.66. The molecule has 0 aliphatic rings. The Morgan fingerprint density at radius 1 is 1.21 bits per heavy atom. The molecule has 2 aromatic heterocycles. The van der Waals surface area contributed by atoms with Crippen molar-refractivity contribution in [2.24, 2.45) is 0 Å². The topological polar surface area (TPSA) is 59.8 Å². The number of hydrogen-bond donors (Lipinski definition) is 1. The summed E-state index contributed by atoms with van der Waals surface area (Å²) < 4.78 is 15.3. The highest BCUT2D eigenvalue weighted by Crippen LogP contribution is 2.20. The molecule has 1 aromatic carbocycles. The SMILES string of the molecule is O=C(Nc1ccn(Cc2c(F)cccc2Cl)n1)c1cccnc1Cl. The van der Waals surface area contributed by atoms with Crippen LogP contribution in [0.4, 0.5) is 10.2 Å². The van der Waals surface area contributed by atoms with Crippen molar-refractivity contribution in [3.63, 3.8) is 0 Å². The number of aromatic nitrogens is 3. The van der Waals surface area contributed by atoms with E-state index < -0.39 is 11.7 Å². The number of pyridine rings is 1. The largest absolute Gasteiger partial charge is 0.305 e. The Balaban J connectivity index is 1.74. The maximum absolute atomic E-state index is 13.8. The van der Waals surface area contributed by atoms with Gasteiger partial charge in [-0.2, -0.15) is 5.10 Å². The number of benzene rings is 1. The minimum Gasteiger partial charge on any atom is -0.305 e. The van der Waals surface area contributed by atoms with Crippen LogP contribution in [-0.4, -0.2) is 20.7 Å². The lowest BCUT2D eigenvalue weighted by atomic mass is 10.2. The molecule has 0 aliphatic carbocycles. The van der Waals surface area contributed by atoms with E-state index in [1.165, 1.54) is 23.0 Å². The van der Waals surface area contributed by atoms with Crippen LogP contribution >= 0.6 is 23.2 Å². The van der Waals surface area contributed by atoms with Gasteiger partial charge in [0.1, 0.15) is 11.0 Å². The minimum absolute atomic E-state index is 0.104. The molecule has 3 rings (SSSR count). The summed E-state index contributed by atoms with van der Waals surface area (Å²) in [6.45, 7) is 0.148. The average molecular weight is 365 g/mol. The van der Waals surface area contributed by atoms with Gasteiger partial charge in [-0.15, -0.1) is 0 Å². The molecule has 122 valence electrons. The highest BCUT2D eigenvalue weighted by molar-refractivity contribution is 6.33. The summed E-state index contributed by atoms with van der Waals surface area (Å²) >= 11 is 11.9. The second-order valence-electron chi connectivity index (χ2n) is 4.89. The molecule has 3 aromatic rings. The fourth-order valence-corrected chi connectivity index (χ4v) is 2.53. The van der Waals surface area contributed by atoms with Gasteiger partial charge in [-0.05, 0) is 24.3 Å². The molecule has 8 heteroatoms. The van der Waals surface area contributed by atoms with Crippen molar-refractivity contribution in [2.75, 3.05) is 5.32 Å². The number of carbonyl (C=O) groups is 1. The number of halogens is 3. The van der Waals surface area contributed by atoms with E-state index in [2.05, 4.69) is 15.4 Å². The molecule has 0 fully saturated rings. The van der Waals surface area contributed by atoms with Gasteiger partial charge in [-0.25, -0.2) is 9.37 Å². The van der Waals surface area contributed by atoms with Crippen molar-refractivity contribution in [2.45, 2.75) is 6.54 Å². The zero-order chi connectivity index (χ0) is 17.1. The molecular weight excluding hydrogens is 354 g/mol. The lowest BCUT2D eigenvalue weighted by Gasteiger charge is -2.06. The van der Waals surface area contributed by atoms with Gasteiger partial charge in [-0.3, -0.25) is 9.48 Å². The van der Waals surface area contributed by atoms with E-state index >= 15 is 0 Å². The zero-order valence-corrected chi connectivity index (χ0v) is 13.7. The third-order valence-electron chi connectivity index (χ3n) is 3.27. The maximum atomic E-state index is 13.8. The first-order chi connectivity index (χ1) is 11.5. The maximum Gasteiger partial charge on any atom is 0.259 e. The van der Waals surface area contributed by atoms with E-state index in [0.29, 0.717) is 16.4 Å². The molecule has 5 nitrogen and oxygen atoms in total. The molecule has 0 bridgehead atoms. The van der Waals surface area contributed by atoms with Crippen molar-refractivity contribution in [1.29, 1.82) is 0 Å². The van der Waals surface area contributed by atoms with Crippen LogP contribution in [0.1, 0.15) is 15.9 Å². The Morgan fingerprint density at radius 3 is 2.79 bits per heavy atom. The first kappa shape index (κ1) is 16.4. The fraction of sp³-hybridized carbons (Fsp3) is 0.0625. The van der Waals surface area contributed by atoms with Crippen LogP contribution < -0.4 is 5.32 Å². The quantitative estimate of drug-likeness (QED) is 0.711. The smallest absolute Gasteiger partial charge is 0.259 e. The van der Waals surface area contributed by atoms with E-state index in [9.17, 15) is 9.18 Å². The lowest BCUT2D eigenvalue weighted by molar-refractivity contribution is 0.102. The van der Waals surface area contributed by atoms with Gasteiger partial charge in [0, 0.05) is 29.0 Å². The van der Waals surface area contributed by atoms with Gasteiger partial charge in [0.15, 0.2) is 5.82 Å². The molecule has 0 unspecified atom stereocenters. The molecule has 0 aliphatic heterocycles. The van der Waals surface area contributed by atoms with Crippen molar-refractivity contribution in [3.8, 4) is 0 Å². The van der Waals surface area contributed by atoms with Gasteiger partial charge >= 0.3 is 0 Å². The Hall–Kier alpha value is -2.44. The van der Waals surface area contributed by atoms with Crippen LogP contribution in [0, 0.1) is 5.82 Å². The summed E-state index contributed by atoms with van der Waals surface area (Å²) in [6.07, 6.45) is 3.11. The van der Waals surface area contributed by atoms with E-state index in [0.717, 1.165) is 0 Å². The summed E-state index contributed by atoms with van der Waals surface area (Å²) in [5.41, 5.74) is 0.571. The Kier molecular flexibility index (Phi) is 4.78. The summed E-state index contributed by atoms with van der Waals surface area (Å²) in [7, 11) is 0. The predicted octanol–water partition coefficient (Wildman–Crippen LogP) is 4.02. The number of nitrogens with zero attached hydrogens (tertiary/aromatic N) is 3. The van der Waals surface area contributed by atoms with Crippen LogP contribution in [0.2, 0.25) is 10.2 Å². The van der Waals surface area contributed by atoms with Gasteiger partial charge < -0.3 is 5.32 Å². The van der Waals surface area contributed by atoms with Gasteiger partial charge in [0.2, 0.25) is 0 Å². The number of rotatable bonds is 4. The molecule has 0 spiro atoms. The molecule has 1 N–H and O–H groups in total. The van der Waals surface area contributed by atoms with Gasteiger partial charge in [0.05, 0.1) is 12.1 Å². The van der Waals surface area contributed by atoms with E-state index in [-0.39, 0.29) is 17.3 Å². The van der Waals surface area contributed by atoms with Crippen molar-refractivity contribution >= 4 is 34.9 Å². The Labute approximate surface area is 147 Å². The van der Waals surface area contributed by atoms with Gasteiger partial charge in [-0.1, -0.05) is 29.3 Å². The first-order valence-electron chi connectivity index (χ1n) is 6.93. The van der Waals surface area contributed by atoms with Crippen LogP contribution in [0.15, 0.2) is 48.8 Å². The summed E-state index contributed by atoms with van der Waals surface area (Å²) in [4.78, 5) is 16.0. The van der Waals surface area contributed by atoms with E-state index in [4.69, 9.17) is 23.2 Å². The average Bonchev–Trinajstić information content (AvgIpc) is 2.98. The van der Waals surface area contributed by atoms with Crippen molar-refractivity contribution in [3.05, 3.63) is 75.9 Å². The molecule has 0 atom stereocenters. The molecule has 1 amide bonds. The Morgan fingerprint density at radius 2 is 2.04 bits per heavy atom. The van der Waals surface area contributed by atoms with Crippen molar-refractivity contribution in [1.82, 2.24) is 14.8 Å². The minimum atomic E-state index is -0.428. The molecular formula is C16H11Cl2FN4O. The third kappa shape index (κ3) is 3.55. The van der Waals surface area contributed by atoms with Gasteiger partial charge in [0.25, 0.3) is 5.91 Å². The third-order valence-corrected chi connectivity index (χ3v) is 3.92. The Bertz CT molecular complexity index is 877. The normalized spacial score (nSPS) is 10.6. The number of amides is 1.